The van der Waals surface area contributed by atoms with E-state index in [-0.39, 0.29) is 5.69 Å². The summed E-state index contributed by atoms with van der Waals surface area (Å²) in [5.41, 5.74) is -1.19. The molecule has 0 atom stereocenters. The van der Waals surface area contributed by atoms with E-state index in [9.17, 15) is 13.2 Å². The number of carboxylic acids is 1. The molecule has 0 radical (unpaired) electrons. The van der Waals surface area contributed by atoms with E-state index in [1.807, 2.05) is 4.89 Å². The number of H-pyrrole nitrogens is 1. The molecule has 0 bridgehead atoms. The Labute approximate surface area is 104 Å². The predicted octanol–water partition coefficient (Wildman–Crippen LogP) is 0.425. The molecule has 0 unspecified atom stereocenters. The third-order valence-corrected chi connectivity index (χ3v) is 3.16. The molecule has 3 N–H and O–H groups in total. The van der Waals surface area contributed by atoms with Crippen molar-refractivity contribution in [2.45, 2.75) is 38.2 Å². The number of carboxylic acid groups (broad SMARTS) is 1. The molecule has 9 heteroatoms. The average Bonchev–Trinajstić information content (AvgIpc) is 2.57. The molecular weight excluding hydrogens is 262 g/mol. The van der Waals surface area contributed by atoms with Gasteiger partial charge in [-0.3, -0.25) is 9.94 Å². The second-order valence-electron chi connectivity index (χ2n) is 4.63. The van der Waals surface area contributed by atoms with Crippen molar-refractivity contribution in [1.82, 2.24) is 15.1 Å². The van der Waals surface area contributed by atoms with Crippen LogP contribution in [0.2, 0.25) is 0 Å². The van der Waals surface area contributed by atoms with Gasteiger partial charge in [0.15, 0.2) is 5.69 Å². The topological polar surface area (TPSA) is 121 Å². The summed E-state index contributed by atoms with van der Waals surface area (Å²) in [6, 6.07) is 0. The highest BCUT2D eigenvalue weighted by atomic mass is 32.2. The molecule has 18 heavy (non-hydrogen) atoms. The molecule has 0 aromatic carbocycles. The van der Waals surface area contributed by atoms with Gasteiger partial charge in [-0.15, -0.1) is 0 Å². The number of rotatable bonds is 4. The largest absolute Gasteiger partial charge is 0.476 e. The molecule has 1 rings (SSSR count). The third kappa shape index (κ3) is 3.28. The number of aryl methyl sites for hydroxylation is 1. The number of aromatic amines is 1. The van der Waals surface area contributed by atoms with Gasteiger partial charge in [0.25, 0.3) is 10.0 Å². The van der Waals surface area contributed by atoms with Crippen LogP contribution in [0.5, 0.6) is 0 Å². The van der Waals surface area contributed by atoms with E-state index in [1.54, 1.807) is 20.8 Å². The van der Waals surface area contributed by atoms with Crippen LogP contribution in [-0.2, 0) is 14.9 Å². The van der Waals surface area contributed by atoms with Crippen LogP contribution in [0.25, 0.3) is 0 Å². The summed E-state index contributed by atoms with van der Waals surface area (Å²) in [6.07, 6.45) is 0. The predicted molar refractivity (Wildman–Crippen MR) is 61.4 cm³/mol. The van der Waals surface area contributed by atoms with Gasteiger partial charge in [-0.05, 0) is 27.7 Å². The molecule has 0 aliphatic carbocycles. The maximum atomic E-state index is 11.9. The fourth-order valence-corrected chi connectivity index (χ4v) is 2.39. The molecule has 0 spiro atoms. The molecule has 0 aliphatic heterocycles. The second-order valence-corrected chi connectivity index (χ2v) is 6.21. The van der Waals surface area contributed by atoms with Crippen molar-refractivity contribution < 1.29 is 23.2 Å². The molecule has 1 aromatic rings. The lowest BCUT2D eigenvalue weighted by atomic mass is 10.2. The molecule has 0 aliphatic rings. The Morgan fingerprint density at radius 3 is 2.44 bits per heavy atom. The molecule has 0 amide bonds. The number of aromatic nitrogens is 2. The molecule has 8 nitrogen and oxygen atoms in total. The number of aromatic carboxylic acids is 1. The first kappa shape index (κ1) is 14.6. The fraction of sp³-hybridized carbons (Fsp3) is 0.556. The molecule has 0 fully saturated rings. The lowest BCUT2D eigenvalue weighted by Crippen LogP contribution is -2.34. The summed E-state index contributed by atoms with van der Waals surface area (Å²) in [6.45, 7) is 6.35. The van der Waals surface area contributed by atoms with E-state index in [4.69, 9.17) is 9.94 Å². The molecule has 1 aromatic heterocycles. The van der Waals surface area contributed by atoms with Gasteiger partial charge in [-0.1, -0.05) is 4.89 Å². The lowest BCUT2D eigenvalue weighted by Gasteiger charge is -2.19. The van der Waals surface area contributed by atoms with Crippen molar-refractivity contribution in [3.63, 3.8) is 0 Å². The summed E-state index contributed by atoms with van der Waals surface area (Å²) in [5.74, 6) is -1.43. The second kappa shape index (κ2) is 4.67. The zero-order valence-electron chi connectivity index (χ0n) is 10.4. The molecule has 0 saturated carbocycles. The first-order valence-electron chi connectivity index (χ1n) is 5.02. The van der Waals surface area contributed by atoms with Crippen molar-refractivity contribution in [1.29, 1.82) is 0 Å². The Morgan fingerprint density at radius 2 is 2.00 bits per heavy atom. The highest BCUT2D eigenvalue weighted by Gasteiger charge is 2.29. The van der Waals surface area contributed by atoms with Crippen molar-refractivity contribution in [2.75, 3.05) is 0 Å². The monoisotopic (exact) mass is 277 g/mol. The van der Waals surface area contributed by atoms with Gasteiger partial charge >= 0.3 is 5.97 Å². The van der Waals surface area contributed by atoms with E-state index in [0.29, 0.717) is 0 Å². The Hall–Kier alpha value is -1.45. The molecule has 1 heterocycles. The minimum absolute atomic E-state index is 0.123. The zero-order valence-corrected chi connectivity index (χ0v) is 11.3. The van der Waals surface area contributed by atoms with Gasteiger partial charge in [-0.2, -0.15) is 5.10 Å². The highest BCUT2D eigenvalue weighted by Crippen LogP contribution is 2.18. The van der Waals surface area contributed by atoms with E-state index >= 15 is 0 Å². The number of sulfonamides is 1. The zero-order chi connectivity index (χ0) is 14.1. The van der Waals surface area contributed by atoms with Crippen molar-refractivity contribution in [2.24, 2.45) is 0 Å². The number of nitrogens with zero attached hydrogens (tertiary/aromatic N) is 1. The van der Waals surface area contributed by atoms with Gasteiger partial charge in [0.05, 0.1) is 11.3 Å². The average molecular weight is 277 g/mol. The Kier molecular flexibility index (Phi) is 3.79. The first-order chi connectivity index (χ1) is 8.04. The third-order valence-electron chi connectivity index (χ3n) is 1.82. The van der Waals surface area contributed by atoms with Crippen LogP contribution < -0.4 is 4.89 Å². The lowest BCUT2D eigenvalue weighted by molar-refractivity contribution is -0.0358. The normalized spacial score (nSPS) is 12.7. The smallest absolute Gasteiger partial charge is 0.357 e. The van der Waals surface area contributed by atoms with E-state index in [1.165, 1.54) is 6.92 Å². The summed E-state index contributed by atoms with van der Waals surface area (Å²) in [5, 5.41) is 14.6. The maximum Gasteiger partial charge on any atom is 0.357 e. The van der Waals surface area contributed by atoms with Crippen LogP contribution in [0.1, 0.15) is 37.0 Å². The number of nitrogens with one attached hydrogen (secondary N) is 2. The van der Waals surface area contributed by atoms with Crippen LogP contribution in [0, 0.1) is 6.92 Å². The summed E-state index contributed by atoms with van der Waals surface area (Å²) in [7, 11) is -4.10. The molecular formula is C9H15N3O5S. The Balaban J connectivity index is 3.13. The molecule has 102 valence electrons. The standard InChI is InChI=1S/C9H15N3O5S/c1-5-7(6(8(13)14)11-10-5)18(15,16)12-17-9(2,3)4/h12H,1-4H3,(H,10,11)(H,13,14). The van der Waals surface area contributed by atoms with Crippen LogP contribution in [0.15, 0.2) is 4.90 Å². The van der Waals surface area contributed by atoms with Crippen molar-refractivity contribution >= 4 is 16.0 Å². The van der Waals surface area contributed by atoms with E-state index in [2.05, 4.69) is 10.2 Å². The minimum Gasteiger partial charge on any atom is -0.476 e. The van der Waals surface area contributed by atoms with Crippen molar-refractivity contribution in [3.05, 3.63) is 11.4 Å². The Bertz CT molecular complexity index is 555. The SMILES string of the molecule is Cc1[nH]nc(C(=O)O)c1S(=O)(=O)NOC(C)(C)C. The number of hydrogen-bond acceptors (Lipinski definition) is 5. The van der Waals surface area contributed by atoms with Gasteiger partial charge in [0, 0.05) is 0 Å². The van der Waals surface area contributed by atoms with Gasteiger partial charge < -0.3 is 5.11 Å². The van der Waals surface area contributed by atoms with Crippen molar-refractivity contribution in [3.8, 4) is 0 Å². The summed E-state index contributed by atoms with van der Waals surface area (Å²) in [4.78, 5) is 17.3. The number of carbonyl (C=O) groups is 1. The van der Waals surface area contributed by atoms with Crippen LogP contribution >= 0.6 is 0 Å². The highest BCUT2D eigenvalue weighted by molar-refractivity contribution is 7.89. The number of hydrogen-bond donors (Lipinski definition) is 3. The van der Waals surface area contributed by atoms with Crippen LogP contribution in [0.4, 0.5) is 0 Å². The van der Waals surface area contributed by atoms with Crippen LogP contribution in [-0.4, -0.2) is 35.3 Å². The first-order valence-corrected chi connectivity index (χ1v) is 6.51. The van der Waals surface area contributed by atoms with Gasteiger partial charge in [0.1, 0.15) is 4.90 Å². The van der Waals surface area contributed by atoms with Gasteiger partial charge in [0.2, 0.25) is 0 Å². The Morgan fingerprint density at radius 1 is 1.44 bits per heavy atom. The van der Waals surface area contributed by atoms with Gasteiger partial charge in [-0.25, -0.2) is 13.2 Å². The summed E-state index contributed by atoms with van der Waals surface area (Å²) < 4.78 is 23.9. The quantitative estimate of drug-likeness (QED) is 0.686. The summed E-state index contributed by atoms with van der Waals surface area (Å²) >= 11 is 0. The minimum atomic E-state index is -4.10. The molecule has 0 saturated heterocycles. The maximum absolute atomic E-state index is 11.9. The van der Waals surface area contributed by atoms with Crippen LogP contribution in [0.3, 0.4) is 0 Å². The van der Waals surface area contributed by atoms with E-state index < -0.39 is 32.2 Å². The van der Waals surface area contributed by atoms with E-state index in [0.717, 1.165) is 0 Å². The fourth-order valence-electron chi connectivity index (χ4n) is 1.11.